The van der Waals surface area contributed by atoms with Gasteiger partial charge < -0.3 is 10.5 Å². The number of hydrogen-bond donors (Lipinski definition) is 1. The van der Waals surface area contributed by atoms with Crippen LogP contribution in [0.2, 0.25) is 0 Å². The van der Waals surface area contributed by atoms with E-state index < -0.39 is 0 Å². The molecule has 78 valence electrons. The average Bonchev–Trinajstić information content (AvgIpc) is 2.66. The van der Waals surface area contributed by atoms with Crippen molar-refractivity contribution in [1.29, 1.82) is 0 Å². The Morgan fingerprint density at radius 1 is 1.40 bits per heavy atom. The summed E-state index contributed by atoms with van der Waals surface area (Å²) < 4.78 is 5.26. The third-order valence-corrected chi connectivity index (χ3v) is 2.90. The van der Waals surface area contributed by atoms with Crippen molar-refractivity contribution < 1.29 is 4.74 Å². The highest BCUT2D eigenvalue weighted by Crippen LogP contribution is 2.28. The molecule has 0 aliphatic carbocycles. The lowest BCUT2D eigenvalue weighted by atomic mass is 10.1. The number of methoxy groups -OCH3 is 1. The number of nitrogens with two attached hydrogens (primary N) is 1. The summed E-state index contributed by atoms with van der Waals surface area (Å²) in [6, 6.07) is 6.01. The third kappa shape index (κ3) is 1.94. The van der Waals surface area contributed by atoms with Gasteiger partial charge in [0.1, 0.15) is 5.75 Å². The van der Waals surface area contributed by atoms with Crippen LogP contribution in [-0.2, 0) is 0 Å². The molecular formula is C11H12N2OS. The number of nitrogen functional groups attached to an aromatic ring is 1. The lowest BCUT2D eigenvalue weighted by Gasteiger charge is -2.05. The number of hydrogen-bond acceptors (Lipinski definition) is 4. The molecule has 0 radical (unpaired) electrons. The largest absolute Gasteiger partial charge is 0.496 e. The van der Waals surface area contributed by atoms with Crippen LogP contribution in [0.3, 0.4) is 0 Å². The fourth-order valence-electron chi connectivity index (χ4n) is 1.40. The molecule has 0 aliphatic rings. The van der Waals surface area contributed by atoms with Gasteiger partial charge in [0.05, 0.1) is 12.8 Å². The molecule has 2 aromatic rings. The van der Waals surface area contributed by atoms with Crippen LogP contribution in [0, 0.1) is 6.92 Å². The van der Waals surface area contributed by atoms with E-state index in [1.54, 1.807) is 7.11 Å². The Labute approximate surface area is 92.5 Å². The maximum Gasteiger partial charge on any atom is 0.180 e. The van der Waals surface area contributed by atoms with Crippen molar-refractivity contribution in [3.8, 4) is 17.0 Å². The smallest absolute Gasteiger partial charge is 0.180 e. The van der Waals surface area contributed by atoms with Gasteiger partial charge in [-0.2, -0.15) is 0 Å². The molecule has 1 aromatic heterocycles. The Bertz CT molecular complexity index is 479. The maximum atomic E-state index is 5.59. The highest BCUT2D eigenvalue weighted by molar-refractivity contribution is 7.13. The second-order valence-corrected chi connectivity index (χ2v) is 4.15. The van der Waals surface area contributed by atoms with Crippen molar-refractivity contribution in [2.75, 3.05) is 12.8 Å². The molecule has 0 amide bonds. The van der Waals surface area contributed by atoms with Gasteiger partial charge in [-0.3, -0.25) is 0 Å². The van der Waals surface area contributed by atoms with E-state index in [9.17, 15) is 0 Å². The summed E-state index contributed by atoms with van der Waals surface area (Å²) >= 11 is 1.44. The molecule has 2 rings (SSSR count). The quantitative estimate of drug-likeness (QED) is 0.846. The van der Waals surface area contributed by atoms with E-state index in [0.29, 0.717) is 5.13 Å². The van der Waals surface area contributed by atoms with Gasteiger partial charge in [-0.25, -0.2) is 4.98 Å². The first-order chi connectivity index (χ1) is 7.20. The van der Waals surface area contributed by atoms with E-state index in [4.69, 9.17) is 10.5 Å². The fourth-order valence-corrected chi connectivity index (χ4v) is 1.97. The first-order valence-electron chi connectivity index (χ1n) is 4.56. The molecule has 0 aliphatic heterocycles. The minimum absolute atomic E-state index is 0.588. The average molecular weight is 220 g/mol. The first kappa shape index (κ1) is 9.98. The summed E-state index contributed by atoms with van der Waals surface area (Å²) in [5, 5.41) is 2.53. The summed E-state index contributed by atoms with van der Waals surface area (Å²) in [6.45, 7) is 2.01. The predicted octanol–water partition coefficient (Wildman–Crippen LogP) is 2.71. The molecular weight excluding hydrogens is 208 g/mol. The van der Waals surface area contributed by atoms with Crippen LogP contribution in [0.1, 0.15) is 5.56 Å². The number of thiazole rings is 1. The Kier molecular flexibility index (Phi) is 2.60. The molecule has 4 heteroatoms. The summed E-state index contributed by atoms with van der Waals surface area (Å²) in [5.74, 6) is 0.874. The lowest BCUT2D eigenvalue weighted by molar-refractivity contribution is 0.412. The Morgan fingerprint density at radius 3 is 2.80 bits per heavy atom. The lowest BCUT2D eigenvalue weighted by Crippen LogP contribution is -1.88. The van der Waals surface area contributed by atoms with Gasteiger partial charge in [-0.1, -0.05) is 12.1 Å². The molecule has 0 atom stereocenters. The van der Waals surface area contributed by atoms with Gasteiger partial charge in [-0.15, -0.1) is 11.3 Å². The normalized spacial score (nSPS) is 10.3. The van der Waals surface area contributed by atoms with E-state index in [1.165, 1.54) is 11.3 Å². The van der Waals surface area contributed by atoms with Crippen molar-refractivity contribution in [2.24, 2.45) is 0 Å². The number of ether oxygens (including phenoxy) is 1. The monoisotopic (exact) mass is 220 g/mol. The number of aryl methyl sites for hydroxylation is 1. The van der Waals surface area contributed by atoms with Crippen LogP contribution < -0.4 is 10.5 Å². The zero-order valence-electron chi connectivity index (χ0n) is 8.65. The summed E-state index contributed by atoms with van der Waals surface area (Å²) in [4.78, 5) is 4.23. The van der Waals surface area contributed by atoms with Gasteiger partial charge >= 0.3 is 0 Å². The molecule has 0 spiro atoms. The van der Waals surface area contributed by atoms with Crippen molar-refractivity contribution in [2.45, 2.75) is 6.92 Å². The number of anilines is 1. The zero-order valence-corrected chi connectivity index (χ0v) is 9.47. The molecule has 2 N–H and O–H groups in total. The number of rotatable bonds is 2. The fraction of sp³-hybridized carbons (Fsp3) is 0.182. The number of benzene rings is 1. The summed E-state index contributed by atoms with van der Waals surface area (Å²) in [7, 11) is 1.67. The summed E-state index contributed by atoms with van der Waals surface area (Å²) in [5.41, 5.74) is 8.64. The molecule has 3 nitrogen and oxygen atoms in total. The second-order valence-electron chi connectivity index (χ2n) is 3.26. The van der Waals surface area contributed by atoms with E-state index in [-0.39, 0.29) is 0 Å². The molecule has 1 aromatic carbocycles. The Morgan fingerprint density at radius 2 is 2.20 bits per heavy atom. The molecule has 0 saturated carbocycles. The molecule has 1 heterocycles. The second kappa shape index (κ2) is 3.90. The van der Waals surface area contributed by atoms with Gasteiger partial charge in [-0.05, 0) is 18.6 Å². The van der Waals surface area contributed by atoms with Crippen LogP contribution >= 0.6 is 11.3 Å². The maximum absolute atomic E-state index is 5.59. The van der Waals surface area contributed by atoms with Crippen LogP contribution in [0.5, 0.6) is 5.75 Å². The molecule has 0 fully saturated rings. The Hall–Kier alpha value is -1.55. The molecule has 15 heavy (non-hydrogen) atoms. The first-order valence-corrected chi connectivity index (χ1v) is 5.44. The van der Waals surface area contributed by atoms with Gasteiger partial charge in [0.2, 0.25) is 0 Å². The standard InChI is InChI=1S/C11H12N2OS/c1-7-3-4-8(5-10(7)14-2)9-6-15-11(12)13-9/h3-6H,1-2H3,(H2,12,13). The molecule has 0 bridgehead atoms. The SMILES string of the molecule is COc1cc(-c2csc(N)n2)ccc1C. The highest BCUT2D eigenvalue weighted by Gasteiger charge is 2.05. The van der Waals surface area contributed by atoms with E-state index in [2.05, 4.69) is 4.98 Å². The van der Waals surface area contributed by atoms with Crippen molar-refractivity contribution in [3.05, 3.63) is 29.1 Å². The van der Waals surface area contributed by atoms with Crippen LogP contribution in [-0.4, -0.2) is 12.1 Å². The molecule has 0 saturated heterocycles. The number of aromatic nitrogens is 1. The van der Waals surface area contributed by atoms with Crippen LogP contribution in [0.25, 0.3) is 11.3 Å². The topological polar surface area (TPSA) is 48.1 Å². The third-order valence-electron chi connectivity index (χ3n) is 2.23. The minimum atomic E-state index is 0.588. The van der Waals surface area contributed by atoms with Crippen molar-refractivity contribution in [3.63, 3.8) is 0 Å². The number of nitrogens with zero attached hydrogens (tertiary/aromatic N) is 1. The van der Waals surface area contributed by atoms with Crippen LogP contribution in [0.15, 0.2) is 23.6 Å². The van der Waals surface area contributed by atoms with Crippen molar-refractivity contribution in [1.82, 2.24) is 4.98 Å². The highest BCUT2D eigenvalue weighted by atomic mass is 32.1. The van der Waals surface area contributed by atoms with Gasteiger partial charge in [0, 0.05) is 10.9 Å². The van der Waals surface area contributed by atoms with Gasteiger partial charge in [0.15, 0.2) is 5.13 Å². The van der Waals surface area contributed by atoms with Crippen molar-refractivity contribution >= 4 is 16.5 Å². The predicted molar refractivity (Wildman–Crippen MR) is 63.3 cm³/mol. The molecule has 0 unspecified atom stereocenters. The van der Waals surface area contributed by atoms with Crippen LogP contribution in [0.4, 0.5) is 5.13 Å². The van der Waals surface area contributed by atoms with E-state index in [1.807, 2.05) is 30.5 Å². The Balaban J connectivity index is 2.45. The van der Waals surface area contributed by atoms with Gasteiger partial charge in [0.25, 0.3) is 0 Å². The van der Waals surface area contributed by atoms with E-state index in [0.717, 1.165) is 22.6 Å². The summed E-state index contributed by atoms with van der Waals surface area (Å²) in [6.07, 6.45) is 0. The van der Waals surface area contributed by atoms with E-state index >= 15 is 0 Å². The zero-order chi connectivity index (χ0) is 10.8. The minimum Gasteiger partial charge on any atom is -0.496 e.